The number of carbonyl (C=O) groups excluding carboxylic acids is 2. The molecule has 0 unspecified atom stereocenters. The lowest BCUT2D eigenvalue weighted by Gasteiger charge is -2.18. The molecule has 0 aliphatic carbocycles. The first-order valence-electron chi connectivity index (χ1n) is 12.3. The van der Waals surface area contributed by atoms with E-state index in [1.807, 2.05) is 30.5 Å². The van der Waals surface area contributed by atoms with Crippen molar-refractivity contribution in [3.8, 4) is 11.5 Å². The van der Waals surface area contributed by atoms with E-state index in [1.54, 1.807) is 24.3 Å². The van der Waals surface area contributed by atoms with Crippen LogP contribution in [0.25, 0.3) is 17.0 Å². The molecule has 8 heteroatoms. The number of aryl methyl sites for hydroxylation is 1. The number of para-hydroxylation sites is 1. The number of ether oxygens (including phenoxy) is 2. The fourth-order valence-corrected chi connectivity index (χ4v) is 4.10. The fourth-order valence-electron chi connectivity index (χ4n) is 4.10. The number of hydrogen-bond acceptors (Lipinski definition) is 5. The van der Waals surface area contributed by atoms with Crippen LogP contribution in [-0.4, -0.2) is 61.7 Å². The molecule has 0 radical (unpaired) electrons. The summed E-state index contributed by atoms with van der Waals surface area (Å²) < 4.78 is 12.7. The molecule has 192 valence electrons. The van der Waals surface area contributed by atoms with Crippen molar-refractivity contribution in [1.82, 2.24) is 20.1 Å². The molecular formula is C28H36N4O4. The molecule has 1 heterocycles. The summed E-state index contributed by atoms with van der Waals surface area (Å²) in [5.74, 6) is 0.196. The van der Waals surface area contributed by atoms with Gasteiger partial charge in [0.05, 0.1) is 14.2 Å². The number of amides is 2. The number of nitrogens with one attached hydrogen (secondary N) is 2. The zero-order chi connectivity index (χ0) is 26.1. The third kappa shape index (κ3) is 6.26. The number of benzene rings is 2. The summed E-state index contributed by atoms with van der Waals surface area (Å²) in [6.07, 6.45) is 3.73. The van der Waals surface area contributed by atoms with Crippen molar-refractivity contribution in [1.29, 1.82) is 0 Å². The van der Waals surface area contributed by atoms with Crippen LogP contribution in [0.15, 0.2) is 54.4 Å². The van der Waals surface area contributed by atoms with Gasteiger partial charge in [0.25, 0.3) is 11.8 Å². The largest absolute Gasteiger partial charge is 0.493 e. The van der Waals surface area contributed by atoms with Gasteiger partial charge in [-0.25, -0.2) is 0 Å². The topological polar surface area (TPSA) is 84.8 Å². The second-order valence-electron chi connectivity index (χ2n) is 8.25. The molecule has 2 aromatic carbocycles. The SMILES string of the molecule is CCN(CC)CCNC(=O)/C(=C/c1cn(CC)c2ccccc12)NC(=O)c1ccc(OC)c(OC)c1. The fraction of sp³-hybridized carbons (Fsp3) is 0.357. The number of methoxy groups -OCH3 is 2. The van der Waals surface area contributed by atoms with Crippen LogP contribution in [0, 0.1) is 0 Å². The number of rotatable bonds is 12. The van der Waals surface area contributed by atoms with Crippen LogP contribution in [0.3, 0.4) is 0 Å². The molecule has 36 heavy (non-hydrogen) atoms. The number of likely N-dealkylation sites (N-methyl/N-ethyl adjacent to an activating group) is 1. The van der Waals surface area contributed by atoms with E-state index >= 15 is 0 Å². The first-order valence-corrected chi connectivity index (χ1v) is 12.3. The van der Waals surface area contributed by atoms with Gasteiger partial charge in [-0.1, -0.05) is 32.0 Å². The third-order valence-corrected chi connectivity index (χ3v) is 6.21. The Morgan fingerprint density at radius 1 is 1.00 bits per heavy atom. The van der Waals surface area contributed by atoms with E-state index in [-0.39, 0.29) is 11.6 Å². The van der Waals surface area contributed by atoms with Gasteiger partial charge in [-0.15, -0.1) is 0 Å². The molecule has 0 saturated heterocycles. The van der Waals surface area contributed by atoms with Crippen molar-refractivity contribution in [2.45, 2.75) is 27.3 Å². The van der Waals surface area contributed by atoms with Crippen LogP contribution in [0.4, 0.5) is 0 Å². The van der Waals surface area contributed by atoms with Crippen LogP contribution in [-0.2, 0) is 11.3 Å². The van der Waals surface area contributed by atoms with Gasteiger partial charge < -0.3 is 29.6 Å². The van der Waals surface area contributed by atoms with Gasteiger partial charge in [0.1, 0.15) is 5.70 Å². The summed E-state index contributed by atoms with van der Waals surface area (Å²) in [7, 11) is 3.05. The molecule has 0 saturated carbocycles. The predicted octanol–water partition coefficient (Wildman–Crippen LogP) is 3.91. The number of nitrogens with zero attached hydrogens (tertiary/aromatic N) is 2. The summed E-state index contributed by atoms with van der Waals surface area (Å²) in [6.45, 7) is 10.0. The minimum absolute atomic E-state index is 0.174. The van der Waals surface area contributed by atoms with Crippen molar-refractivity contribution in [2.75, 3.05) is 40.4 Å². The molecule has 2 N–H and O–H groups in total. The molecular weight excluding hydrogens is 456 g/mol. The predicted molar refractivity (Wildman–Crippen MR) is 143 cm³/mol. The van der Waals surface area contributed by atoms with Crippen molar-refractivity contribution < 1.29 is 19.1 Å². The van der Waals surface area contributed by atoms with E-state index in [1.165, 1.54) is 14.2 Å². The lowest BCUT2D eigenvalue weighted by Crippen LogP contribution is -2.39. The maximum Gasteiger partial charge on any atom is 0.267 e. The summed E-state index contributed by atoms with van der Waals surface area (Å²) in [5, 5.41) is 6.78. The minimum Gasteiger partial charge on any atom is -0.493 e. The lowest BCUT2D eigenvalue weighted by atomic mass is 10.1. The summed E-state index contributed by atoms with van der Waals surface area (Å²) >= 11 is 0. The Kier molecular flexibility index (Phi) is 9.53. The van der Waals surface area contributed by atoms with E-state index in [9.17, 15) is 9.59 Å². The van der Waals surface area contributed by atoms with Gasteiger partial charge in [-0.2, -0.15) is 0 Å². The molecule has 3 aromatic rings. The Balaban J connectivity index is 1.93. The summed E-state index contributed by atoms with van der Waals surface area (Å²) in [6, 6.07) is 12.9. The maximum absolute atomic E-state index is 13.2. The van der Waals surface area contributed by atoms with E-state index in [0.717, 1.165) is 42.6 Å². The Hall–Kier alpha value is -3.78. The Morgan fingerprint density at radius 3 is 2.39 bits per heavy atom. The van der Waals surface area contributed by atoms with Gasteiger partial charge in [0.2, 0.25) is 0 Å². The van der Waals surface area contributed by atoms with Crippen LogP contribution in [0.2, 0.25) is 0 Å². The standard InChI is InChI=1S/C28H36N4O4/c1-6-31(7-2)16-15-29-28(34)23(17-21-19-32(8-3)24-12-10-9-11-22(21)24)30-27(33)20-13-14-25(35-4)26(18-20)36-5/h9-14,17-19H,6-8,15-16H2,1-5H3,(H,29,34)(H,30,33)/b23-17-. The van der Waals surface area contributed by atoms with E-state index < -0.39 is 5.91 Å². The highest BCUT2D eigenvalue weighted by atomic mass is 16.5. The third-order valence-electron chi connectivity index (χ3n) is 6.21. The molecule has 0 bridgehead atoms. The first-order chi connectivity index (χ1) is 17.4. The van der Waals surface area contributed by atoms with E-state index in [4.69, 9.17) is 9.47 Å². The van der Waals surface area contributed by atoms with Gasteiger partial charge >= 0.3 is 0 Å². The Bertz CT molecular complexity index is 1230. The number of fused-ring (bicyclic) bond motifs is 1. The van der Waals surface area contributed by atoms with Crippen LogP contribution < -0.4 is 20.1 Å². The summed E-state index contributed by atoms with van der Waals surface area (Å²) in [4.78, 5) is 28.6. The van der Waals surface area contributed by atoms with Crippen molar-refractivity contribution >= 4 is 28.8 Å². The van der Waals surface area contributed by atoms with Crippen LogP contribution >= 0.6 is 0 Å². The van der Waals surface area contributed by atoms with Gasteiger partial charge in [0.15, 0.2) is 11.5 Å². The normalized spacial score (nSPS) is 11.6. The molecule has 0 fully saturated rings. The molecule has 3 rings (SSSR count). The first kappa shape index (κ1) is 26.8. The molecule has 8 nitrogen and oxygen atoms in total. The number of carbonyl (C=O) groups is 2. The second-order valence-corrected chi connectivity index (χ2v) is 8.25. The van der Waals surface area contributed by atoms with Gasteiger partial charge in [-0.05, 0) is 50.4 Å². The monoisotopic (exact) mass is 492 g/mol. The zero-order valence-electron chi connectivity index (χ0n) is 21.8. The highest BCUT2D eigenvalue weighted by molar-refractivity contribution is 6.06. The van der Waals surface area contributed by atoms with Crippen molar-refractivity contribution in [3.05, 3.63) is 65.5 Å². The molecule has 0 aliphatic heterocycles. The maximum atomic E-state index is 13.2. The average Bonchev–Trinajstić information content (AvgIpc) is 3.27. The van der Waals surface area contributed by atoms with Crippen molar-refractivity contribution in [3.63, 3.8) is 0 Å². The number of aromatic nitrogens is 1. The average molecular weight is 493 g/mol. The Morgan fingerprint density at radius 2 is 1.72 bits per heavy atom. The number of hydrogen-bond donors (Lipinski definition) is 2. The van der Waals surface area contributed by atoms with E-state index in [0.29, 0.717) is 23.6 Å². The van der Waals surface area contributed by atoms with Crippen molar-refractivity contribution in [2.24, 2.45) is 0 Å². The lowest BCUT2D eigenvalue weighted by molar-refractivity contribution is -0.117. The van der Waals surface area contributed by atoms with Gasteiger partial charge in [0, 0.05) is 47.9 Å². The highest BCUT2D eigenvalue weighted by Gasteiger charge is 2.18. The van der Waals surface area contributed by atoms with Crippen LogP contribution in [0.5, 0.6) is 11.5 Å². The van der Waals surface area contributed by atoms with Gasteiger partial charge in [-0.3, -0.25) is 9.59 Å². The molecule has 0 atom stereocenters. The summed E-state index contributed by atoms with van der Waals surface area (Å²) in [5.41, 5.74) is 2.45. The van der Waals surface area contributed by atoms with Crippen LogP contribution in [0.1, 0.15) is 36.7 Å². The van der Waals surface area contributed by atoms with E-state index in [2.05, 4.69) is 40.9 Å². The Labute approximate surface area is 212 Å². The minimum atomic E-state index is -0.416. The molecule has 1 aromatic heterocycles. The highest BCUT2D eigenvalue weighted by Crippen LogP contribution is 2.28. The molecule has 2 amide bonds. The quantitative estimate of drug-likeness (QED) is 0.375. The molecule has 0 aliphatic rings. The zero-order valence-corrected chi connectivity index (χ0v) is 21.8. The molecule has 0 spiro atoms. The second kappa shape index (κ2) is 12.8. The smallest absolute Gasteiger partial charge is 0.267 e.